The smallest absolute Gasteiger partial charge is 0.159 e. The Morgan fingerprint density at radius 1 is 0.500 bits per heavy atom. The fraction of sp³-hybridized carbons (Fsp3) is 0.0794. The largest absolute Gasteiger partial charge is 0.454 e. The third-order valence-corrected chi connectivity index (χ3v) is 11.3. The molecule has 0 bridgehead atoms. The summed E-state index contributed by atoms with van der Waals surface area (Å²) in [5.41, 5.74) is 14.6. The first-order valence-corrected chi connectivity index (χ1v) is 22.8. The monoisotopic (exact) mass is 856 g/mol. The van der Waals surface area contributed by atoms with E-state index in [4.69, 9.17) is 4.42 Å². The van der Waals surface area contributed by atoms with E-state index in [1.54, 1.807) is 6.08 Å². The molecule has 0 fully saturated rings. The van der Waals surface area contributed by atoms with Crippen LogP contribution in [-0.4, -0.2) is 4.57 Å². The molecule has 0 aliphatic rings. The summed E-state index contributed by atoms with van der Waals surface area (Å²) in [4.78, 5) is 2.33. The van der Waals surface area contributed by atoms with Crippen molar-refractivity contribution in [2.24, 2.45) is 0 Å². The third kappa shape index (κ3) is 9.67. The lowest BCUT2D eigenvalue weighted by molar-refractivity contribution is 0.666. The first-order chi connectivity index (χ1) is 32.5. The predicted molar refractivity (Wildman–Crippen MR) is 286 cm³/mol. The van der Waals surface area contributed by atoms with Crippen LogP contribution in [0.5, 0.6) is 0 Å². The minimum Gasteiger partial charge on any atom is -0.454 e. The highest BCUT2D eigenvalue weighted by Crippen LogP contribution is 2.42. The molecule has 0 saturated carbocycles. The van der Waals surface area contributed by atoms with E-state index in [-0.39, 0.29) is 0 Å². The summed E-state index contributed by atoms with van der Waals surface area (Å²) < 4.78 is 8.85. The van der Waals surface area contributed by atoms with Gasteiger partial charge in [0.25, 0.3) is 0 Å². The maximum absolute atomic E-state index is 6.50. The molecule has 0 atom stereocenters. The van der Waals surface area contributed by atoms with E-state index in [1.165, 1.54) is 45.0 Å². The van der Waals surface area contributed by atoms with Crippen LogP contribution < -0.4 is 4.90 Å². The number of benzene rings is 9. The zero-order valence-corrected chi connectivity index (χ0v) is 38.3. The summed E-state index contributed by atoms with van der Waals surface area (Å²) >= 11 is 0. The third-order valence-electron chi connectivity index (χ3n) is 11.3. The van der Waals surface area contributed by atoms with Gasteiger partial charge in [0.05, 0.1) is 22.4 Å². The van der Waals surface area contributed by atoms with Gasteiger partial charge in [-0.3, -0.25) is 0 Å². The summed E-state index contributed by atoms with van der Waals surface area (Å²) in [5.74, 6) is 0. The SMILES string of the molecule is C=C/C=C\C.CCC.Cc1ccccc1.c1ccc(N(c2ccccc2)c2ccccc2-c2ccc(-c3ccc4c(c3)c3ccccc3n4-c3cccc4c3oc3ccccc34)cc2)cc1. The Labute approximate surface area is 389 Å². The fourth-order valence-electron chi connectivity index (χ4n) is 8.33. The molecule has 0 aliphatic carbocycles. The predicted octanol–water partition coefficient (Wildman–Crippen LogP) is 18.6. The molecule has 0 saturated heterocycles. The van der Waals surface area contributed by atoms with Gasteiger partial charge in [-0.2, -0.15) is 0 Å². The second-order valence-electron chi connectivity index (χ2n) is 16.1. The lowest BCUT2D eigenvalue weighted by Crippen LogP contribution is -2.10. The lowest BCUT2D eigenvalue weighted by atomic mass is 9.97. The molecule has 3 heteroatoms. The summed E-state index contributed by atoms with van der Waals surface area (Å²) in [7, 11) is 0. The van der Waals surface area contributed by atoms with Crippen molar-refractivity contribution < 1.29 is 4.42 Å². The topological polar surface area (TPSA) is 21.3 Å². The molecule has 0 aliphatic heterocycles. The Balaban J connectivity index is 0.000000342. The number of fused-ring (bicyclic) bond motifs is 6. The van der Waals surface area contributed by atoms with E-state index in [0.29, 0.717) is 0 Å². The first kappa shape index (κ1) is 44.5. The van der Waals surface area contributed by atoms with E-state index < -0.39 is 0 Å². The number of nitrogens with zero attached hydrogens (tertiary/aromatic N) is 2. The van der Waals surface area contributed by atoms with E-state index in [1.807, 2.05) is 49.4 Å². The summed E-state index contributed by atoms with van der Waals surface area (Å²) in [6.07, 6.45) is 6.83. The Kier molecular flexibility index (Phi) is 14.5. The van der Waals surface area contributed by atoms with Crippen LogP contribution in [0.1, 0.15) is 32.8 Å². The molecule has 0 N–H and O–H groups in total. The Hall–Kier alpha value is -8.14. The van der Waals surface area contributed by atoms with Crippen molar-refractivity contribution in [2.45, 2.75) is 34.1 Å². The van der Waals surface area contributed by atoms with Gasteiger partial charge in [0, 0.05) is 38.5 Å². The first-order valence-electron chi connectivity index (χ1n) is 22.8. The van der Waals surface area contributed by atoms with Gasteiger partial charge < -0.3 is 13.9 Å². The molecule has 0 unspecified atom stereocenters. The Bertz CT molecular complexity index is 3280. The van der Waals surface area contributed by atoms with Gasteiger partial charge in [-0.15, -0.1) is 0 Å². The standard InChI is InChI=1S/C48H32N2O.C7H8.C5H8.C3H8/c1-3-14-36(15-4-1)49(37-16-5-2-6-17-37)43-22-10-7-18-38(43)34-28-26-33(27-29-34)35-30-31-45-42(32-35)39-19-8-11-23-44(39)50(45)46-24-13-21-41-40-20-9-12-25-47(40)51-48(41)46;1-7-5-3-2-4-6-7;1-3-5-4-2;1-3-2/h1-32H;2-6H,1H3;3-5H,1H2,2H3;3H2,1-2H3/b;;5-4-;. The van der Waals surface area contributed by atoms with Crippen LogP contribution in [0.25, 0.3) is 71.7 Å². The molecule has 2 aromatic heterocycles. The summed E-state index contributed by atoms with van der Waals surface area (Å²) in [6, 6.07) is 79.3. The molecule has 0 amide bonds. The highest BCUT2D eigenvalue weighted by atomic mass is 16.3. The second kappa shape index (κ2) is 21.5. The van der Waals surface area contributed by atoms with Gasteiger partial charge in [-0.25, -0.2) is 0 Å². The van der Waals surface area contributed by atoms with Crippen LogP contribution in [0.2, 0.25) is 0 Å². The van der Waals surface area contributed by atoms with Crippen molar-refractivity contribution >= 4 is 60.8 Å². The molecule has 9 aromatic carbocycles. The average molecular weight is 857 g/mol. The number of hydrogen-bond acceptors (Lipinski definition) is 2. The van der Waals surface area contributed by atoms with E-state index in [0.717, 1.165) is 55.7 Å². The number of aryl methyl sites for hydroxylation is 1. The van der Waals surface area contributed by atoms with E-state index >= 15 is 0 Å². The maximum atomic E-state index is 6.50. The molecule has 324 valence electrons. The number of hydrogen-bond donors (Lipinski definition) is 0. The minimum atomic E-state index is 0.902. The number of rotatable bonds is 7. The highest BCUT2D eigenvalue weighted by molar-refractivity contribution is 6.13. The van der Waals surface area contributed by atoms with Crippen molar-refractivity contribution in [3.63, 3.8) is 0 Å². The van der Waals surface area contributed by atoms with Crippen LogP contribution in [0, 0.1) is 6.92 Å². The summed E-state index contributed by atoms with van der Waals surface area (Å²) in [6.45, 7) is 11.8. The zero-order valence-electron chi connectivity index (χ0n) is 38.3. The molecular weight excluding hydrogens is 801 g/mol. The minimum absolute atomic E-state index is 0.902. The van der Waals surface area contributed by atoms with Gasteiger partial charge in [-0.1, -0.05) is 214 Å². The molecule has 0 spiro atoms. The molecular formula is C63H56N2O. The van der Waals surface area contributed by atoms with Crippen molar-refractivity contribution in [1.29, 1.82) is 0 Å². The molecule has 11 aromatic rings. The van der Waals surface area contributed by atoms with Gasteiger partial charge in [-0.05, 0) is 91.2 Å². The maximum Gasteiger partial charge on any atom is 0.159 e. The van der Waals surface area contributed by atoms with Gasteiger partial charge in [0.1, 0.15) is 5.58 Å². The molecule has 3 nitrogen and oxygen atoms in total. The van der Waals surface area contributed by atoms with Crippen molar-refractivity contribution in [2.75, 3.05) is 4.90 Å². The van der Waals surface area contributed by atoms with Crippen LogP contribution >= 0.6 is 0 Å². The lowest BCUT2D eigenvalue weighted by Gasteiger charge is -2.27. The highest BCUT2D eigenvalue weighted by Gasteiger charge is 2.19. The Morgan fingerprint density at radius 3 is 1.65 bits per heavy atom. The normalized spacial score (nSPS) is 10.8. The molecule has 0 radical (unpaired) electrons. The number of para-hydroxylation sites is 6. The number of furan rings is 1. The number of allylic oxidation sites excluding steroid dienone is 3. The molecule has 66 heavy (non-hydrogen) atoms. The van der Waals surface area contributed by atoms with Crippen LogP contribution in [0.4, 0.5) is 17.1 Å². The molecule has 11 rings (SSSR count). The van der Waals surface area contributed by atoms with Crippen LogP contribution in [-0.2, 0) is 0 Å². The van der Waals surface area contributed by atoms with E-state index in [9.17, 15) is 0 Å². The van der Waals surface area contributed by atoms with Crippen LogP contribution in [0.3, 0.4) is 0 Å². The van der Waals surface area contributed by atoms with Gasteiger partial charge in [0.2, 0.25) is 0 Å². The average Bonchev–Trinajstić information content (AvgIpc) is 3.92. The van der Waals surface area contributed by atoms with Gasteiger partial charge in [0.15, 0.2) is 5.58 Å². The van der Waals surface area contributed by atoms with Gasteiger partial charge >= 0.3 is 0 Å². The number of aromatic nitrogens is 1. The van der Waals surface area contributed by atoms with Crippen molar-refractivity contribution in [3.8, 4) is 27.9 Å². The Morgan fingerprint density at radius 2 is 1.03 bits per heavy atom. The van der Waals surface area contributed by atoms with Crippen molar-refractivity contribution in [1.82, 2.24) is 4.57 Å². The fourth-order valence-corrected chi connectivity index (χ4v) is 8.33. The second-order valence-corrected chi connectivity index (χ2v) is 16.1. The summed E-state index contributed by atoms with van der Waals surface area (Å²) in [5, 5.41) is 4.70. The molecule has 2 heterocycles. The number of anilines is 3. The quantitative estimate of drug-likeness (QED) is 0.149. The van der Waals surface area contributed by atoms with Crippen LogP contribution in [0.15, 0.2) is 254 Å². The van der Waals surface area contributed by atoms with E-state index in [2.05, 4.69) is 231 Å². The zero-order chi connectivity index (χ0) is 45.7. The van der Waals surface area contributed by atoms with Crippen molar-refractivity contribution in [3.05, 3.63) is 255 Å².